The van der Waals surface area contributed by atoms with E-state index in [1.165, 1.54) is 0 Å². The second kappa shape index (κ2) is 9.18. The van der Waals surface area contributed by atoms with E-state index in [4.69, 9.17) is 16.3 Å². The van der Waals surface area contributed by atoms with Gasteiger partial charge in [0.05, 0.1) is 17.3 Å². The van der Waals surface area contributed by atoms with E-state index in [1.807, 2.05) is 42.8 Å². The SMILES string of the molecule is Cc1cc(C)n(Cc2cccc(CNC(=O)COc3ccc(Cl)c4cccnc34)c2)n1. The Morgan fingerprint density at radius 1 is 1.10 bits per heavy atom. The molecule has 4 rings (SSSR count). The van der Waals surface area contributed by atoms with Crippen molar-refractivity contribution in [1.29, 1.82) is 0 Å². The molecule has 0 fully saturated rings. The van der Waals surface area contributed by atoms with Crippen LogP contribution in [0.5, 0.6) is 5.75 Å². The maximum Gasteiger partial charge on any atom is 0.258 e. The van der Waals surface area contributed by atoms with Gasteiger partial charge in [0.1, 0.15) is 11.3 Å². The number of pyridine rings is 1. The van der Waals surface area contributed by atoms with E-state index in [0.29, 0.717) is 29.4 Å². The second-order valence-electron chi connectivity index (χ2n) is 7.42. The quantitative estimate of drug-likeness (QED) is 0.466. The lowest BCUT2D eigenvalue weighted by Gasteiger charge is -2.11. The predicted molar refractivity (Wildman–Crippen MR) is 121 cm³/mol. The molecular formula is C24H23ClN4O2. The lowest BCUT2D eigenvalue weighted by Crippen LogP contribution is -2.28. The molecule has 2 heterocycles. The molecule has 31 heavy (non-hydrogen) atoms. The van der Waals surface area contributed by atoms with Crippen molar-refractivity contribution in [1.82, 2.24) is 20.1 Å². The molecule has 0 aliphatic carbocycles. The normalized spacial score (nSPS) is 10.9. The van der Waals surface area contributed by atoms with Crippen molar-refractivity contribution in [3.63, 3.8) is 0 Å². The zero-order chi connectivity index (χ0) is 21.8. The number of carbonyl (C=O) groups excluding carboxylic acids is 1. The van der Waals surface area contributed by atoms with Crippen LogP contribution in [0.2, 0.25) is 5.02 Å². The third kappa shape index (κ3) is 5.03. The molecule has 1 N–H and O–H groups in total. The van der Waals surface area contributed by atoms with E-state index >= 15 is 0 Å². The number of fused-ring (bicyclic) bond motifs is 1. The molecule has 6 nitrogen and oxygen atoms in total. The topological polar surface area (TPSA) is 69.0 Å². The summed E-state index contributed by atoms with van der Waals surface area (Å²) in [5, 5.41) is 8.80. The highest BCUT2D eigenvalue weighted by Gasteiger charge is 2.09. The molecule has 158 valence electrons. The maximum atomic E-state index is 12.3. The third-order valence-electron chi connectivity index (χ3n) is 4.95. The van der Waals surface area contributed by atoms with E-state index in [9.17, 15) is 4.79 Å². The van der Waals surface area contributed by atoms with Gasteiger partial charge in [-0.05, 0) is 55.3 Å². The Balaban J connectivity index is 1.34. The van der Waals surface area contributed by atoms with Crippen LogP contribution in [0.4, 0.5) is 0 Å². The molecule has 1 amide bonds. The number of carbonyl (C=O) groups is 1. The van der Waals surface area contributed by atoms with Gasteiger partial charge in [0, 0.05) is 23.8 Å². The number of nitrogens with one attached hydrogen (secondary N) is 1. The van der Waals surface area contributed by atoms with E-state index < -0.39 is 0 Å². The standard InChI is InChI=1S/C24H23ClN4O2/c1-16-11-17(2)29(28-16)14-19-6-3-5-18(12-19)13-27-23(30)15-31-22-9-8-21(25)20-7-4-10-26-24(20)22/h3-12H,13-15H2,1-2H3,(H,27,30). The number of aryl methyl sites for hydroxylation is 2. The second-order valence-corrected chi connectivity index (χ2v) is 7.82. The first-order chi connectivity index (χ1) is 15.0. The summed E-state index contributed by atoms with van der Waals surface area (Å²) in [6, 6.07) is 17.3. The maximum absolute atomic E-state index is 12.3. The van der Waals surface area contributed by atoms with Gasteiger partial charge in [-0.3, -0.25) is 14.5 Å². The smallest absolute Gasteiger partial charge is 0.258 e. The van der Waals surface area contributed by atoms with Crippen molar-refractivity contribution in [2.75, 3.05) is 6.61 Å². The van der Waals surface area contributed by atoms with Crippen molar-refractivity contribution in [3.8, 4) is 5.75 Å². The summed E-state index contributed by atoms with van der Waals surface area (Å²) in [5.41, 5.74) is 4.92. The molecule has 0 aliphatic rings. The lowest BCUT2D eigenvalue weighted by atomic mass is 10.1. The molecule has 0 aliphatic heterocycles. The van der Waals surface area contributed by atoms with E-state index in [1.54, 1.807) is 18.3 Å². The molecule has 4 aromatic rings. The predicted octanol–water partition coefficient (Wildman–Crippen LogP) is 4.45. The largest absolute Gasteiger partial charge is 0.481 e. The van der Waals surface area contributed by atoms with Gasteiger partial charge < -0.3 is 10.1 Å². The van der Waals surface area contributed by atoms with Gasteiger partial charge in [-0.15, -0.1) is 0 Å². The van der Waals surface area contributed by atoms with Crippen molar-refractivity contribution >= 4 is 28.4 Å². The molecule has 0 atom stereocenters. The number of aromatic nitrogens is 3. The Bertz CT molecular complexity index is 1240. The molecule has 0 saturated carbocycles. The van der Waals surface area contributed by atoms with Crippen molar-refractivity contribution in [3.05, 3.63) is 88.3 Å². The van der Waals surface area contributed by atoms with Gasteiger partial charge >= 0.3 is 0 Å². The Morgan fingerprint density at radius 3 is 2.74 bits per heavy atom. The monoisotopic (exact) mass is 434 g/mol. The van der Waals surface area contributed by atoms with Gasteiger partial charge in [0.15, 0.2) is 6.61 Å². The van der Waals surface area contributed by atoms with Crippen molar-refractivity contribution in [2.24, 2.45) is 0 Å². The first-order valence-corrected chi connectivity index (χ1v) is 10.4. The highest BCUT2D eigenvalue weighted by Crippen LogP contribution is 2.29. The minimum atomic E-state index is -0.206. The summed E-state index contributed by atoms with van der Waals surface area (Å²) in [6.45, 7) is 5.05. The molecule has 2 aromatic heterocycles. The van der Waals surface area contributed by atoms with Crippen LogP contribution < -0.4 is 10.1 Å². The summed E-state index contributed by atoms with van der Waals surface area (Å²) < 4.78 is 7.68. The molecule has 7 heteroatoms. The van der Waals surface area contributed by atoms with Gasteiger partial charge in [-0.2, -0.15) is 5.10 Å². The number of rotatable bonds is 7. The van der Waals surface area contributed by atoms with Gasteiger partial charge in [0.2, 0.25) is 0 Å². The molecule has 0 radical (unpaired) electrons. The van der Waals surface area contributed by atoms with E-state index in [2.05, 4.69) is 33.6 Å². The van der Waals surface area contributed by atoms with E-state index in [0.717, 1.165) is 27.9 Å². The average Bonchev–Trinajstić information content (AvgIpc) is 3.08. The highest BCUT2D eigenvalue weighted by atomic mass is 35.5. The van der Waals surface area contributed by atoms with E-state index in [-0.39, 0.29) is 12.5 Å². The van der Waals surface area contributed by atoms with Gasteiger partial charge in [-0.1, -0.05) is 35.9 Å². The van der Waals surface area contributed by atoms with Crippen LogP contribution in [0.15, 0.2) is 60.8 Å². The fourth-order valence-electron chi connectivity index (χ4n) is 3.47. The Hall–Kier alpha value is -3.38. The number of benzene rings is 2. The summed E-state index contributed by atoms with van der Waals surface area (Å²) in [7, 11) is 0. The van der Waals surface area contributed by atoms with Crippen molar-refractivity contribution < 1.29 is 9.53 Å². The number of amides is 1. The van der Waals surface area contributed by atoms with Gasteiger partial charge in [0.25, 0.3) is 5.91 Å². The van der Waals surface area contributed by atoms with Crippen LogP contribution in [0.25, 0.3) is 10.9 Å². The number of halogens is 1. The summed E-state index contributed by atoms with van der Waals surface area (Å²) >= 11 is 6.20. The number of hydrogen-bond acceptors (Lipinski definition) is 4. The number of hydrogen-bond donors (Lipinski definition) is 1. The first-order valence-electron chi connectivity index (χ1n) is 10.0. The average molecular weight is 435 g/mol. The Labute approximate surface area is 185 Å². The number of ether oxygens (including phenoxy) is 1. The zero-order valence-electron chi connectivity index (χ0n) is 17.4. The molecule has 0 bridgehead atoms. The summed E-state index contributed by atoms with van der Waals surface area (Å²) in [5.74, 6) is 0.324. The van der Waals surface area contributed by atoms with Crippen LogP contribution in [-0.4, -0.2) is 27.3 Å². The fraction of sp³-hybridized carbons (Fsp3) is 0.208. The van der Waals surface area contributed by atoms with Crippen molar-refractivity contribution in [2.45, 2.75) is 26.9 Å². The minimum Gasteiger partial charge on any atom is -0.481 e. The molecule has 0 unspecified atom stereocenters. The minimum absolute atomic E-state index is 0.0985. The molecule has 2 aromatic carbocycles. The highest BCUT2D eigenvalue weighted by molar-refractivity contribution is 6.35. The van der Waals surface area contributed by atoms with Gasteiger partial charge in [-0.25, -0.2) is 0 Å². The molecule has 0 saturated heterocycles. The van der Waals surface area contributed by atoms with Crippen LogP contribution >= 0.6 is 11.6 Å². The zero-order valence-corrected chi connectivity index (χ0v) is 18.2. The van der Waals surface area contributed by atoms with Crippen LogP contribution in [-0.2, 0) is 17.9 Å². The molecule has 0 spiro atoms. The first kappa shape index (κ1) is 20.9. The summed E-state index contributed by atoms with van der Waals surface area (Å²) in [6.07, 6.45) is 1.67. The Kier molecular flexibility index (Phi) is 6.18. The third-order valence-corrected chi connectivity index (χ3v) is 5.28. The molecular weight excluding hydrogens is 412 g/mol. The lowest BCUT2D eigenvalue weighted by molar-refractivity contribution is -0.123. The van der Waals surface area contributed by atoms with Crippen LogP contribution in [0.1, 0.15) is 22.5 Å². The summed E-state index contributed by atoms with van der Waals surface area (Å²) in [4.78, 5) is 16.6. The number of nitrogens with zero attached hydrogens (tertiary/aromatic N) is 3. The fourth-order valence-corrected chi connectivity index (χ4v) is 3.68. The van der Waals surface area contributed by atoms with Crippen LogP contribution in [0.3, 0.4) is 0 Å². The Morgan fingerprint density at radius 2 is 1.94 bits per heavy atom. The van der Waals surface area contributed by atoms with Crippen LogP contribution in [0, 0.1) is 13.8 Å².